The van der Waals surface area contributed by atoms with Crippen molar-refractivity contribution in [1.82, 2.24) is 9.97 Å². The highest BCUT2D eigenvalue weighted by Gasteiger charge is 2.21. The summed E-state index contributed by atoms with van der Waals surface area (Å²) in [6, 6.07) is 53.6. The summed E-state index contributed by atoms with van der Waals surface area (Å²) in [6.45, 7) is 0. The molecule has 0 N–H and O–H groups in total. The van der Waals surface area contributed by atoms with Crippen LogP contribution in [0.3, 0.4) is 0 Å². The Bertz CT molecular complexity index is 1550. The number of pyridine rings is 2. The molecule has 0 amide bonds. The third-order valence-corrected chi connectivity index (χ3v) is 8.14. The molecule has 0 aliphatic rings. The van der Waals surface area contributed by atoms with E-state index >= 15 is 0 Å². The first-order chi connectivity index (χ1) is 21.7. The molecule has 0 bridgehead atoms. The molecule has 6 aromatic rings. The topological polar surface area (TPSA) is 42.9 Å². The Kier molecular flexibility index (Phi) is 9.44. The molecule has 2 aromatic heterocycles. The first-order valence-corrected chi connectivity index (χ1v) is 15.4. The van der Waals surface area contributed by atoms with Crippen molar-refractivity contribution in [2.24, 2.45) is 0 Å². The molecule has 0 spiro atoms. The molecule has 0 saturated carbocycles. The standard InChI is InChI=1S/C41H36N2O/c44-41(39-25-13-23-37(42-39)35(27-31-15-5-1-6-16-31)28-32-17-7-2-8-18-32)40-26-14-24-38(43-40)36(29-33-19-9-3-10-20-33)30-34-21-11-4-12-22-34/h1-26,35-36H,27-30H2. The monoisotopic (exact) mass is 572 g/mol. The minimum atomic E-state index is -0.148. The van der Waals surface area contributed by atoms with Gasteiger partial charge in [-0.1, -0.05) is 133 Å². The quantitative estimate of drug-likeness (QED) is 0.138. The van der Waals surface area contributed by atoms with Gasteiger partial charge in [-0.05, 0) is 72.2 Å². The lowest BCUT2D eigenvalue weighted by atomic mass is 9.89. The van der Waals surface area contributed by atoms with Gasteiger partial charge in [0.1, 0.15) is 11.4 Å². The summed E-state index contributed by atoms with van der Waals surface area (Å²) < 4.78 is 0. The van der Waals surface area contributed by atoms with E-state index in [9.17, 15) is 4.79 Å². The largest absolute Gasteiger partial charge is 0.285 e. The van der Waals surface area contributed by atoms with Crippen LogP contribution < -0.4 is 0 Å². The van der Waals surface area contributed by atoms with E-state index in [1.807, 2.05) is 60.7 Å². The van der Waals surface area contributed by atoms with Crippen LogP contribution in [0, 0.1) is 0 Å². The highest BCUT2D eigenvalue weighted by molar-refractivity contribution is 6.06. The number of hydrogen-bond donors (Lipinski definition) is 0. The summed E-state index contributed by atoms with van der Waals surface area (Å²) in [7, 11) is 0. The smallest absolute Gasteiger partial charge is 0.229 e. The zero-order valence-corrected chi connectivity index (χ0v) is 24.8. The van der Waals surface area contributed by atoms with Crippen molar-refractivity contribution in [3.8, 4) is 0 Å². The molecular formula is C41H36N2O. The minimum Gasteiger partial charge on any atom is -0.285 e. The maximum Gasteiger partial charge on any atom is 0.229 e. The fraction of sp³-hybridized carbons (Fsp3) is 0.146. The van der Waals surface area contributed by atoms with Crippen LogP contribution in [0.4, 0.5) is 0 Å². The number of rotatable bonds is 12. The van der Waals surface area contributed by atoms with Crippen molar-refractivity contribution in [1.29, 1.82) is 0 Å². The van der Waals surface area contributed by atoms with Gasteiger partial charge in [0.15, 0.2) is 0 Å². The zero-order valence-electron chi connectivity index (χ0n) is 24.8. The Morgan fingerprint density at radius 3 is 0.977 bits per heavy atom. The first kappa shape index (κ1) is 28.9. The normalized spacial score (nSPS) is 11.1. The van der Waals surface area contributed by atoms with Gasteiger partial charge in [0.25, 0.3) is 0 Å². The van der Waals surface area contributed by atoms with Crippen LogP contribution in [0.15, 0.2) is 158 Å². The summed E-state index contributed by atoms with van der Waals surface area (Å²) in [4.78, 5) is 23.8. The van der Waals surface area contributed by atoms with Crippen molar-refractivity contribution in [3.63, 3.8) is 0 Å². The molecule has 4 aromatic carbocycles. The molecular weight excluding hydrogens is 536 g/mol. The van der Waals surface area contributed by atoms with Gasteiger partial charge >= 0.3 is 0 Å². The Morgan fingerprint density at radius 1 is 0.386 bits per heavy atom. The highest BCUT2D eigenvalue weighted by Crippen LogP contribution is 2.27. The lowest BCUT2D eigenvalue weighted by Gasteiger charge is -2.19. The maximum atomic E-state index is 13.9. The van der Waals surface area contributed by atoms with E-state index in [4.69, 9.17) is 9.97 Å². The average Bonchev–Trinajstić information content (AvgIpc) is 3.09. The van der Waals surface area contributed by atoms with Crippen molar-refractivity contribution >= 4 is 5.78 Å². The van der Waals surface area contributed by atoms with Crippen LogP contribution in [0.25, 0.3) is 0 Å². The third-order valence-electron chi connectivity index (χ3n) is 8.14. The van der Waals surface area contributed by atoms with Crippen LogP contribution >= 0.6 is 0 Å². The van der Waals surface area contributed by atoms with E-state index < -0.39 is 0 Å². The molecule has 0 unspecified atom stereocenters. The van der Waals surface area contributed by atoms with Gasteiger partial charge in [-0.25, -0.2) is 9.97 Å². The second-order valence-corrected chi connectivity index (χ2v) is 11.4. The lowest BCUT2D eigenvalue weighted by molar-refractivity contribution is 0.102. The Hall–Kier alpha value is -5.15. The van der Waals surface area contributed by atoms with E-state index in [2.05, 4.69) is 97.1 Å². The third kappa shape index (κ3) is 7.62. The maximum absolute atomic E-state index is 13.9. The number of carbonyl (C=O) groups is 1. The van der Waals surface area contributed by atoms with Crippen molar-refractivity contribution in [2.75, 3.05) is 0 Å². The van der Waals surface area contributed by atoms with Gasteiger partial charge in [0, 0.05) is 23.2 Å². The van der Waals surface area contributed by atoms with Gasteiger partial charge < -0.3 is 0 Å². The number of nitrogens with zero attached hydrogens (tertiary/aromatic N) is 2. The predicted octanol–water partition coefficient (Wildman–Crippen LogP) is 8.85. The molecule has 6 rings (SSSR count). The molecule has 0 aliphatic heterocycles. The summed E-state index contributed by atoms with van der Waals surface area (Å²) in [6.07, 6.45) is 3.37. The van der Waals surface area contributed by atoms with Gasteiger partial charge in [0.05, 0.1) is 0 Å². The van der Waals surface area contributed by atoms with Crippen LogP contribution in [0.2, 0.25) is 0 Å². The van der Waals surface area contributed by atoms with Gasteiger partial charge in [-0.15, -0.1) is 0 Å². The Labute approximate surface area is 260 Å². The number of carbonyl (C=O) groups excluding carboxylic acids is 1. The fourth-order valence-corrected chi connectivity index (χ4v) is 5.90. The molecule has 0 atom stereocenters. The molecule has 44 heavy (non-hydrogen) atoms. The van der Waals surface area contributed by atoms with E-state index in [1.165, 1.54) is 22.3 Å². The summed E-state index contributed by atoms with van der Waals surface area (Å²) in [5.74, 6) is 0.117. The number of hydrogen-bond acceptors (Lipinski definition) is 3. The number of benzene rings is 4. The number of aromatic nitrogens is 2. The molecule has 0 radical (unpaired) electrons. The average molecular weight is 573 g/mol. The summed E-state index contributed by atoms with van der Waals surface area (Å²) >= 11 is 0. The van der Waals surface area contributed by atoms with Crippen LogP contribution in [-0.2, 0) is 25.7 Å². The van der Waals surface area contributed by atoms with Crippen LogP contribution in [0.1, 0.15) is 61.7 Å². The predicted molar refractivity (Wildman–Crippen MR) is 178 cm³/mol. The van der Waals surface area contributed by atoms with Gasteiger partial charge in [0.2, 0.25) is 5.78 Å². The van der Waals surface area contributed by atoms with Gasteiger partial charge in [-0.2, -0.15) is 0 Å². The molecule has 3 heteroatoms. The molecule has 0 fully saturated rings. The van der Waals surface area contributed by atoms with E-state index in [0.717, 1.165) is 37.1 Å². The molecule has 0 saturated heterocycles. The molecule has 216 valence electrons. The lowest BCUT2D eigenvalue weighted by Crippen LogP contribution is -2.15. The van der Waals surface area contributed by atoms with Crippen molar-refractivity contribution < 1.29 is 4.79 Å². The van der Waals surface area contributed by atoms with Gasteiger partial charge in [-0.3, -0.25) is 4.79 Å². The van der Waals surface area contributed by atoms with E-state index in [0.29, 0.717) is 11.4 Å². The fourth-order valence-electron chi connectivity index (χ4n) is 5.90. The van der Waals surface area contributed by atoms with Crippen molar-refractivity contribution in [2.45, 2.75) is 37.5 Å². The minimum absolute atomic E-state index is 0.132. The SMILES string of the molecule is O=C(c1cccc(C(Cc2ccccc2)Cc2ccccc2)n1)c1cccc(C(Cc2ccccc2)Cc2ccccc2)n1. The van der Waals surface area contributed by atoms with Crippen LogP contribution in [0.5, 0.6) is 0 Å². The molecule has 0 aliphatic carbocycles. The van der Waals surface area contributed by atoms with Crippen molar-refractivity contribution in [3.05, 3.63) is 203 Å². The van der Waals surface area contributed by atoms with E-state index in [-0.39, 0.29) is 17.6 Å². The Morgan fingerprint density at radius 2 is 0.682 bits per heavy atom. The highest BCUT2D eigenvalue weighted by atomic mass is 16.1. The second kappa shape index (κ2) is 14.3. The van der Waals surface area contributed by atoms with Crippen LogP contribution in [-0.4, -0.2) is 15.8 Å². The summed E-state index contributed by atoms with van der Waals surface area (Å²) in [5.41, 5.74) is 7.72. The summed E-state index contributed by atoms with van der Waals surface area (Å²) in [5, 5.41) is 0. The zero-order chi connectivity index (χ0) is 30.0. The van der Waals surface area contributed by atoms with E-state index in [1.54, 1.807) is 0 Å². The first-order valence-electron chi connectivity index (χ1n) is 15.4. The molecule has 3 nitrogen and oxygen atoms in total. The second-order valence-electron chi connectivity index (χ2n) is 11.4. The molecule has 2 heterocycles. The number of ketones is 1. The Balaban J connectivity index is 1.28.